The highest BCUT2D eigenvalue weighted by Crippen LogP contribution is 2.42. The lowest BCUT2D eigenvalue weighted by Crippen LogP contribution is -2.49. The smallest absolute Gasteiger partial charge is 0.489 e. The number of ether oxygens (including phenoxy) is 1. The molecule has 0 aliphatic heterocycles. The molecule has 2 N–H and O–H groups in total. The molecule has 0 saturated heterocycles. The molecule has 212 valence electrons. The maximum absolute atomic E-state index is 14.2. The minimum Gasteiger partial charge on any atom is -0.489 e. The van der Waals surface area contributed by atoms with Crippen LogP contribution in [-0.2, 0) is 21.0 Å². The van der Waals surface area contributed by atoms with Gasteiger partial charge in [-0.15, -0.1) is 0 Å². The molecule has 0 spiro atoms. The topological polar surface area (TPSA) is 118 Å². The van der Waals surface area contributed by atoms with Crippen molar-refractivity contribution in [2.45, 2.75) is 44.5 Å². The first kappa shape index (κ1) is 28.7. The van der Waals surface area contributed by atoms with Gasteiger partial charge in [0.05, 0.1) is 17.5 Å². The fourth-order valence-electron chi connectivity index (χ4n) is 4.48. The second-order valence-corrected chi connectivity index (χ2v) is 9.17. The Kier molecular flexibility index (Phi) is 7.91. The number of alkyl halides is 5. The summed E-state index contributed by atoms with van der Waals surface area (Å²) in [5, 5.41) is 9.59. The van der Waals surface area contributed by atoms with Crippen LogP contribution in [0.1, 0.15) is 34.5 Å². The molecule has 1 aliphatic rings. The van der Waals surface area contributed by atoms with E-state index in [4.69, 9.17) is 9.94 Å². The van der Waals surface area contributed by atoms with Crippen molar-refractivity contribution in [3.63, 3.8) is 0 Å². The van der Waals surface area contributed by atoms with E-state index in [9.17, 15) is 36.3 Å². The number of hydroxylamine groups is 3. The van der Waals surface area contributed by atoms with E-state index >= 15 is 0 Å². The van der Waals surface area contributed by atoms with Crippen LogP contribution >= 0.6 is 0 Å². The Hall–Kier alpha value is -4.33. The number of carbonyl (C=O) groups is 3. The lowest BCUT2D eigenvalue weighted by Gasteiger charge is -2.30. The zero-order valence-electron chi connectivity index (χ0n) is 20.7. The van der Waals surface area contributed by atoms with Gasteiger partial charge >= 0.3 is 12.1 Å². The Labute approximate surface area is 223 Å². The van der Waals surface area contributed by atoms with Gasteiger partial charge in [0, 0.05) is 35.0 Å². The van der Waals surface area contributed by atoms with Gasteiger partial charge in [-0.05, 0) is 43.3 Å². The number of nitrogens with zero attached hydrogens (tertiary/aromatic N) is 2. The molecule has 1 saturated carbocycles. The Balaban J connectivity index is 1.57. The van der Waals surface area contributed by atoms with Gasteiger partial charge in [0.1, 0.15) is 12.4 Å². The van der Waals surface area contributed by atoms with Gasteiger partial charge in [-0.25, -0.2) is 19.1 Å². The van der Waals surface area contributed by atoms with E-state index in [1.807, 2.05) is 37.3 Å². The number of aromatic nitrogens is 1. The molecule has 4 rings (SSSR count). The summed E-state index contributed by atoms with van der Waals surface area (Å²) in [6.45, 7) is 1.93. The zero-order chi connectivity index (χ0) is 29.2. The highest BCUT2D eigenvalue weighted by molar-refractivity contribution is 5.95. The van der Waals surface area contributed by atoms with E-state index in [1.54, 1.807) is 0 Å². The molecule has 1 aliphatic carbocycles. The number of carbonyl (C=O) groups excluding carboxylic acids is 3. The Morgan fingerprint density at radius 3 is 2.42 bits per heavy atom. The molecular formula is C26H22F5N3O6. The molecule has 1 heterocycles. The number of benzene rings is 2. The third-order valence-electron chi connectivity index (χ3n) is 6.28. The number of amides is 2. The fourth-order valence-corrected chi connectivity index (χ4v) is 4.48. The number of hydrogen-bond donors (Lipinski definition) is 2. The molecule has 14 heteroatoms. The number of halogens is 5. The van der Waals surface area contributed by atoms with E-state index in [0.717, 1.165) is 39.8 Å². The van der Waals surface area contributed by atoms with Crippen LogP contribution < -0.4 is 10.2 Å². The molecule has 2 aromatic carbocycles. The number of para-hydroxylation sites is 1. The average molecular weight is 567 g/mol. The maximum atomic E-state index is 14.2. The molecule has 2 atom stereocenters. The van der Waals surface area contributed by atoms with Crippen molar-refractivity contribution in [3.05, 3.63) is 71.4 Å². The molecule has 0 radical (unpaired) electrons. The number of rotatable bonds is 6. The van der Waals surface area contributed by atoms with Gasteiger partial charge in [-0.1, -0.05) is 18.2 Å². The van der Waals surface area contributed by atoms with Crippen LogP contribution in [0, 0.1) is 12.8 Å². The standard InChI is InChI=1S/C26H22F5N3O6/c1-14-10-16(18-4-2-3-5-20(18)32-14)13-39-17-8-6-15(7-9-17)23(36)34(40-24(37)26(29,30)31)21-12-25(27,28)11-19(21)22(35)33-38/h2-10,19,21,38H,11-13H2,1H3,(H,33,35)/t19-,21+/m0/s1. The first-order chi connectivity index (χ1) is 18.8. The third-order valence-corrected chi connectivity index (χ3v) is 6.28. The zero-order valence-corrected chi connectivity index (χ0v) is 20.7. The molecule has 2 amide bonds. The van der Waals surface area contributed by atoms with Crippen LogP contribution in [0.25, 0.3) is 10.9 Å². The summed E-state index contributed by atoms with van der Waals surface area (Å²) in [6, 6.07) is 12.1. The summed E-state index contributed by atoms with van der Waals surface area (Å²) >= 11 is 0. The highest BCUT2D eigenvalue weighted by Gasteiger charge is 2.55. The summed E-state index contributed by atoms with van der Waals surface area (Å²) in [5.41, 5.74) is 3.16. The van der Waals surface area contributed by atoms with Crippen LogP contribution in [0.2, 0.25) is 0 Å². The average Bonchev–Trinajstić information content (AvgIpc) is 3.23. The lowest BCUT2D eigenvalue weighted by atomic mass is 10.0. The van der Waals surface area contributed by atoms with Crippen molar-refractivity contribution in [1.29, 1.82) is 0 Å². The first-order valence-electron chi connectivity index (χ1n) is 11.8. The number of hydrogen-bond acceptors (Lipinski definition) is 7. The van der Waals surface area contributed by atoms with E-state index in [-0.39, 0.29) is 23.0 Å². The molecule has 1 fully saturated rings. The minimum atomic E-state index is -5.57. The van der Waals surface area contributed by atoms with E-state index in [0.29, 0.717) is 0 Å². The third kappa shape index (κ3) is 6.28. The van der Waals surface area contributed by atoms with Crippen molar-refractivity contribution in [2.75, 3.05) is 0 Å². The van der Waals surface area contributed by atoms with Gasteiger partial charge in [-0.2, -0.15) is 18.2 Å². The molecule has 0 bridgehead atoms. The molecule has 9 nitrogen and oxygen atoms in total. The summed E-state index contributed by atoms with van der Waals surface area (Å²) in [4.78, 5) is 45.3. The van der Waals surface area contributed by atoms with Crippen molar-refractivity contribution in [3.8, 4) is 5.75 Å². The number of aryl methyl sites for hydroxylation is 1. The number of fused-ring (bicyclic) bond motifs is 1. The summed E-state index contributed by atoms with van der Waals surface area (Å²) < 4.78 is 72.9. The molecule has 40 heavy (non-hydrogen) atoms. The summed E-state index contributed by atoms with van der Waals surface area (Å²) in [5.74, 6) is -10.8. The van der Waals surface area contributed by atoms with E-state index < -0.39 is 54.7 Å². The van der Waals surface area contributed by atoms with Crippen LogP contribution in [-0.4, -0.2) is 51.2 Å². The fraction of sp³-hybridized carbons (Fsp3) is 0.308. The summed E-state index contributed by atoms with van der Waals surface area (Å²) in [6.07, 6.45) is -8.06. The van der Waals surface area contributed by atoms with Gasteiger partial charge in [0.2, 0.25) is 5.91 Å². The lowest BCUT2D eigenvalue weighted by molar-refractivity contribution is -0.236. The van der Waals surface area contributed by atoms with Gasteiger partial charge in [0.25, 0.3) is 11.8 Å². The monoisotopic (exact) mass is 567 g/mol. The largest absolute Gasteiger partial charge is 0.493 e. The number of nitrogens with one attached hydrogen (secondary N) is 1. The molecular weight excluding hydrogens is 545 g/mol. The normalized spacial score (nSPS) is 18.3. The summed E-state index contributed by atoms with van der Waals surface area (Å²) in [7, 11) is 0. The quantitative estimate of drug-likeness (QED) is 0.256. The first-order valence-corrected chi connectivity index (χ1v) is 11.8. The Bertz CT molecular complexity index is 1430. The SMILES string of the molecule is Cc1cc(COc2ccc(C(=O)N(OC(=O)C(F)(F)F)[C@@H]3CC(F)(F)C[C@@H]3C(=O)NO)cc2)c2ccccc2n1. The van der Waals surface area contributed by atoms with Crippen molar-refractivity contribution in [2.24, 2.45) is 5.92 Å². The van der Waals surface area contributed by atoms with E-state index in [2.05, 4.69) is 9.82 Å². The van der Waals surface area contributed by atoms with Crippen LogP contribution in [0.5, 0.6) is 5.75 Å². The highest BCUT2D eigenvalue weighted by atomic mass is 19.4. The Morgan fingerprint density at radius 1 is 1.10 bits per heavy atom. The van der Waals surface area contributed by atoms with Gasteiger partial charge in [-0.3, -0.25) is 19.8 Å². The second-order valence-electron chi connectivity index (χ2n) is 9.17. The van der Waals surface area contributed by atoms with Crippen molar-refractivity contribution in [1.82, 2.24) is 15.5 Å². The maximum Gasteiger partial charge on any atom is 0.493 e. The van der Waals surface area contributed by atoms with Crippen molar-refractivity contribution >= 4 is 28.7 Å². The Morgan fingerprint density at radius 2 is 1.77 bits per heavy atom. The molecule has 1 aromatic heterocycles. The molecule has 3 aromatic rings. The van der Waals surface area contributed by atoms with Crippen LogP contribution in [0.3, 0.4) is 0 Å². The van der Waals surface area contributed by atoms with Crippen LogP contribution in [0.15, 0.2) is 54.6 Å². The van der Waals surface area contributed by atoms with Crippen LogP contribution in [0.4, 0.5) is 22.0 Å². The van der Waals surface area contributed by atoms with E-state index in [1.165, 1.54) is 12.1 Å². The van der Waals surface area contributed by atoms with Gasteiger partial charge < -0.3 is 9.57 Å². The second kappa shape index (κ2) is 11.0. The van der Waals surface area contributed by atoms with Crippen molar-refractivity contribution < 1.29 is 51.1 Å². The number of pyridine rings is 1. The molecule has 0 unspecified atom stereocenters. The van der Waals surface area contributed by atoms with Gasteiger partial charge in [0.15, 0.2) is 0 Å². The minimum absolute atomic E-state index is 0.113. The predicted molar refractivity (Wildman–Crippen MR) is 127 cm³/mol. The predicted octanol–water partition coefficient (Wildman–Crippen LogP) is 4.50.